The number of amides is 1. The van der Waals surface area contributed by atoms with Gasteiger partial charge in [-0.3, -0.25) is 4.79 Å². The largest absolute Gasteiger partial charge is 0.396 e. The van der Waals surface area contributed by atoms with E-state index < -0.39 is 11.8 Å². The summed E-state index contributed by atoms with van der Waals surface area (Å²) in [5.41, 5.74) is 4.75. The average Bonchev–Trinajstić information content (AvgIpc) is 1.65. The van der Waals surface area contributed by atoms with Gasteiger partial charge in [0.05, 0.1) is 12.5 Å². The minimum atomic E-state index is -0.456. The van der Waals surface area contributed by atoms with E-state index in [0.29, 0.717) is 0 Å². The van der Waals surface area contributed by atoms with Crippen molar-refractivity contribution in [2.24, 2.45) is 11.7 Å². The van der Waals surface area contributed by atoms with Crippen molar-refractivity contribution in [3.05, 3.63) is 0 Å². The predicted octanol–water partition coefficient (Wildman–Crippen LogP) is -0.900. The van der Waals surface area contributed by atoms with Crippen LogP contribution in [0.3, 0.4) is 0 Å². The first-order chi connectivity index (χ1) is 3.18. The van der Waals surface area contributed by atoms with Crippen molar-refractivity contribution in [3.63, 3.8) is 0 Å². The van der Waals surface area contributed by atoms with Crippen molar-refractivity contribution in [3.8, 4) is 0 Å². The van der Waals surface area contributed by atoms with Gasteiger partial charge in [-0.05, 0) is 0 Å². The number of nitrogens with two attached hydrogens (primary N) is 1. The quantitative estimate of drug-likeness (QED) is 0.475. The van der Waals surface area contributed by atoms with Crippen molar-refractivity contribution in [1.29, 1.82) is 0 Å². The van der Waals surface area contributed by atoms with Crippen molar-refractivity contribution in [2.45, 2.75) is 6.92 Å². The Morgan fingerprint density at radius 3 is 2.43 bits per heavy atom. The van der Waals surface area contributed by atoms with Crippen LogP contribution in [-0.2, 0) is 4.79 Å². The predicted molar refractivity (Wildman–Crippen MR) is 25.4 cm³/mol. The van der Waals surface area contributed by atoms with Crippen LogP contribution in [0.5, 0.6) is 0 Å². The number of aliphatic hydroxyl groups excluding tert-OH is 1. The lowest BCUT2D eigenvalue weighted by Crippen LogP contribution is -2.22. The molecule has 0 saturated carbocycles. The second-order valence-electron chi connectivity index (χ2n) is 1.49. The van der Waals surface area contributed by atoms with E-state index in [4.69, 9.17) is 10.8 Å². The normalized spacial score (nSPS) is 13.4. The fourth-order valence-electron chi connectivity index (χ4n) is 0.0900. The minimum absolute atomic E-state index is 0.157. The van der Waals surface area contributed by atoms with Crippen LogP contribution >= 0.6 is 0 Å². The molecule has 0 unspecified atom stereocenters. The number of rotatable bonds is 2. The van der Waals surface area contributed by atoms with E-state index in [1.54, 1.807) is 6.92 Å². The summed E-state index contributed by atoms with van der Waals surface area (Å²) in [6.45, 7) is 1.41. The SMILES string of the molecule is C[C@H](CO)C(N)=O. The Balaban J connectivity index is 3.34. The highest BCUT2D eigenvalue weighted by Gasteiger charge is 2.03. The molecule has 0 heterocycles. The molecule has 0 aliphatic carbocycles. The van der Waals surface area contributed by atoms with Gasteiger partial charge in [-0.2, -0.15) is 0 Å². The molecule has 0 aliphatic rings. The molecule has 0 spiro atoms. The first-order valence-electron chi connectivity index (χ1n) is 2.08. The Bertz CT molecular complexity index is 72.1. The molecule has 1 amide bonds. The molecule has 3 N–H and O–H groups in total. The molecule has 0 aromatic carbocycles. The maximum absolute atomic E-state index is 9.99. The van der Waals surface area contributed by atoms with E-state index in [1.807, 2.05) is 0 Å². The average molecular weight is 103 g/mol. The highest BCUT2D eigenvalue weighted by Crippen LogP contribution is 1.86. The number of carbonyl (C=O) groups is 1. The van der Waals surface area contributed by atoms with Crippen LogP contribution < -0.4 is 5.73 Å². The molecular formula is C4H9NO2. The number of aliphatic hydroxyl groups is 1. The third kappa shape index (κ3) is 2.17. The van der Waals surface area contributed by atoms with Gasteiger partial charge in [0.15, 0.2) is 0 Å². The van der Waals surface area contributed by atoms with E-state index in [0.717, 1.165) is 0 Å². The third-order valence-electron chi connectivity index (χ3n) is 0.760. The van der Waals surface area contributed by atoms with Gasteiger partial charge in [-0.15, -0.1) is 0 Å². The van der Waals surface area contributed by atoms with Gasteiger partial charge in [0.25, 0.3) is 0 Å². The van der Waals surface area contributed by atoms with Crippen LogP contribution in [0.25, 0.3) is 0 Å². The molecule has 42 valence electrons. The van der Waals surface area contributed by atoms with Gasteiger partial charge in [0.2, 0.25) is 5.91 Å². The summed E-state index contributed by atoms with van der Waals surface area (Å²) < 4.78 is 0. The number of primary amides is 1. The second-order valence-corrected chi connectivity index (χ2v) is 1.49. The second kappa shape index (κ2) is 2.58. The van der Waals surface area contributed by atoms with Crippen LogP contribution in [0.1, 0.15) is 6.92 Å². The summed E-state index contributed by atoms with van der Waals surface area (Å²) in [6, 6.07) is 0. The fourth-order valence-corrected chi connectivity index (χ4v) is 0.0900. The van der Waals surface area contributed by atoms with Gasteiger partial charge in [0.1, 0.15) is 0 Å². The van der Waals surface area contributed by atoms with E-state index in [2.05, 4.69) is 0 Å². The smallest absolute Gasteiger partial charge is 0.222 e. The van der Waals surface area contributed by atoms with Crippen molar-refractivity contribution in [2.75, 3.05) is 6.61 Å². The Hall–Kier alpha value is -0.570. The highest BCUT2D eigenvalue weighted by atomic mass is 16.3. The van der Waals surface area contributed by atoms with Gasteiger partial charge < -0.3 is 10.8 Å². The maximum Gasteiger partial charge on any atom is 0.222 e. The van der Waals surface area contributed by atoms with E-state index in [-0.39, 0.29) is 6.61 Å². The standard InChI is InChI=1S/C4H9NO2/c1-3(2-6)4(5)7/h3,6H,2H2,1H3,(H2,5,7)/t3-/m1/s1. The molecule has 0 rings (SSSR count). The molecule has 0 fully saturated rings. The molecule has 0 saturated heterocycles. The zero-order valence-electron chi connectivity index (χ0n) is 4.22. The first kappa shape index (κ1) is 6.43. The molecule has 0 aromatic rings. The number of hydrogen-bond donors (Lipinski definition) is 2. The lowest BCUT2D eigenvalue weighted by molar-refractivity contribution is -0.122. The third-order valence-corrected chi connectivity index (χ3v) is 0.760. The van der Waals surface area contributed by atoms with E-state index >= 15 is 0 Å². The minimum Gasteiger partial charge on any atom is -0.396 e. The zero-order chi connectivity index (χ0) is 5.86. The summed E-state index contributed by atoms with van der Waals surface area (Å²) >= 11 is 0. The fraction of sp³-hybridized carbons (Fsp3) is 0.750. The molecule has 3 heteroatoms. The molecule has 7 heavy (non-hydrogen) atoms. The van der Waals surface area contributed by atoms with Crippen LogP contribution in [0.2, 0.25) is 0 Å². The Kier molecular flexibility index (Phi) is 2.37. The lowest BCUT2D eigenvalue weighted by atomic mass is 10.2. The molecule has 1 atom stereocenters. The molecule has 0 aromatic heterocycles. The molecule has 3 nitrogen and oxygen atoms in total. The van der Waals surface area contributed by atoms with Gasteiger partial charge >= 0.3 is 0 Å². The Morgan fingerprint density at radius 1 is 2.00 bits per heavy atom. The zero-order valence-corrected chi connectivity index (χ0v) is 4.22. The van der Waals surface area contributed by atoms with Crippen LogP contribution in [-0.4, -0.2) is 17.6 Å². The van der Waals surface area contributed by atoms with Crippen LogP contribution in [0, 0.1) is 5.92 Å². The topological polar surface area (TPSA) is 63.3 Å². The highest BCUT2D eigenvalue weighted by molar-refractivity contribution is 5.76. The molecule has 0 radical (unpaired) electrons. The van der Waals surface area contributed by atoms with Crippen molar-refractivity contribution < 1.29 is 9.90 Å². The monoisotopic (exact) mass is 103 g/mol. The summed E-state index contributed by atoms with van der Waals surface area (Å²) in [7, 11) is 0. The summed E-state index contributed by atoms with van der Waals surface area (Å²) in [6.07, 6.45) is 0. The van der Waals surface area contributed by atoms with Crippen LogP contribution in [0.15, 0.2) is 0 Å². The van der Waals surface area contributed by atoms with Crippen molar-refractivity contribution >= 4 is 5.91 Å². The van der Waals surface area contributed by atoms with Gasteiger partial charge in [0, 0.05) is 0 Å². The number of carbonyl (C=O) groups excluding carboxylic acids is 1. The summed E-state index contributed by atoms with van der Waals surface area (Å²) in [5.74, 6) is -0.859. The maximum atomic E-state index is 9.99. The van der Waals surface area contributed by atoms with Crippen LogP contribution in [0.4, 0.5) is 0 Å². The Labute approximate surface area is 42.1 Å². The van der Waals surface area contributed by atoms with Crippen molar-refractivity contribution in [1.82, 2.24) is 0 Å². The molecule has 0 aliphatic heterocycles. The summed E-state index contributed by atoms with van der Waals surface area (Å²) in [5, 5.41) is 8.20. The number of hydrogen-bond acceptors (Lipinski definition) is 2. The van der Waals surface area contributed by atoms with Gasteiger partial charge in [-0.25, -0.2) is 0 Å². The van der Waals surface area contributed by atoms with Gasteiger partial charge in [-0.1, -0.05) is 6.92 Å². The summed E-state index contributed by atoms with van der Waals surface area (Å²) in [4.78, 5) is 9.99. The lowest BCUT2D eigenvalue weighted by Gasteiger charge is -1.97. The molecular weight excluding hydrogens is 94.0 g/mol. The van der Waals surface area contributed by atoms with E-state index in [1.165, 1.54) is 0 Å². The molecule has 0 bridgehead atoms. The first-order valence-corrected chi connectivity index (χ1v) is 2.08. The van der Waals surface area contributed by atoms with E-state index in [9.17, 15) is 4.79 Å². The Morgan fingerprint density at radius 2 is 2.43 bits per heavy atom.